The largest absolute Gasteiger partial charge is 0.357 e. The number of hydrogen-bond acceptors (Lipinski definition) is 3. The molecule has 6 nitrogen and oxygen atoms in total. The Morgan fingerprint density at radius 1 is 1.24 bits per heavy atom. The molecule has 0 saturated carbocycles. The number of sulfonamides is 1. The summed E-state index contributed by atoms with van der Waals surface area (Å²) in [4.78, 5) is 7.13. The summed E-state index contributed by atoms with van der Waals surface area (Å²) in [6.45, 7) is 9.77. The number of rotatable bonds is 6. The average Bonchev–Trinajstić information content (AvgIpc) is 2.59. The number of guanidine groups is 1. The molecule has 0 atom stereocenters. The van der Waals surface area contributed by atoms with Crippen LogP contribution in [0.3, 0.4) is 0 Å². The molecule has 0 amide bonds. The molecular formula is C18H30N4O2S. The van der Waals surface area contributed by atoms with Gasteiger partial charge in [-0.1, -0.05) is 24.6 Å². The topological polar surface area (TPSA) is 73.8 Å². The second kappa shape index (κ2) is 9.20. The van der Waals surface area contributed by atoms with Crippen molar-refractivity contribution in [1.82, 2.24) is 14.9 Å². The third-order valence-electron chi connectivity index (χ3n) is 4.41. The number of aliphatic imine (C=N–C) groups is 1. The zero-order valence-electron chi connectivity index (χ0n) is 15.5. The standard InChI is InChI=1S/C18H30N4O2S/c1-4-19-18(22-13-9-16(3)10-14-22)20-11-12-21-25(23,24)17-7-5-15(2)6-8-17/h5-8,16,21H,4,9-14H2,1-3H3,(H,19,20). The van der Waals surface area contributed by atoms with Gasteiger partial charge in [-0.15, -0.1) is 0 Å². The van der Waals surface area contributed by atoms with Crippen LogP contribution in [0.5, 0.6) is 0 Å². The number of benzene rings is 1. The summed E-state index contributed by atoms with van der Waals surface area (Å²) in [7, 11) is -3.47. The minimum Gasteiger partial charge on any atom is -0.357 e. The van der Waals surface area contributed by atoms with Crippen LogP contribution < -0.4 is 10.0 Å². The van der Waals surface area contributed by atoms with E-state index < -0.39 is 10.0 Å². The van der Waals surface area contributed by atoms with E-state index in [1.807, 2.05) is 13.8 Å². The van der Waals surface area contributed by atoms with Gasteiger partial charge in [-0.05, 0) is 44.7 Å². The molecule has 1 fully saturated rings. The van der Waals surface area contributed by atoms with E-state index in [0.717, 1.165) is 37.1 Å². The van der Waals surface area contributed by atoms with Crippen LogP contribution in [0.15, 0.2) is 34.2 Å². The van der Waals surface area contributed by atoms with E-state index in [9.17, 15) is 8.42 Å². The van der Waals surface area contributed by atoms with Gasteiger partial charge in [0.1, 0.15) is 0 Å². The van der Waals surface area contributed by atoms with E-state index in [-0.39, 0.29) is 6.54 Å². The maximum absolute atomic E-state index is 12.3. The van der Waals surface area contributed by atoms with Crippen molar-refractivity contribution in [2.24, 2.45) is 10.9 Å². The van der Waals surface area contributed by atoms with Gasteiger partial charge in [0.05, 0.1) is 11.4 Å². The maximum Gasteiger partial charge on any atom is 0.240 e. The number of likely N-dealkylation sites (tertiary alicyclic amines) is 1. The van der Waals surface area contributed by atoms with Gasteiger partial charge < -0.3 is 10.2 Å². The van der Waals surface area contributed by atoms with Crippen molar-refractivity contribution < 1.29 is 8.42 Å². The predicted molar refractivity (Wildman–Crippen MR) is 102 cm³/mol. The van der Waals surface area contributed by atoms with Gasteiger partial charge >= 0.3 is 0 Å². The van der Waals surface area contributed by atoms with Crippen molar-refractivity contribution in [3.63, 3.8) is 0 Å². The van der Waals surface area contributed by atoms with Gasteiger partial charge in [0.15, 0.2) is 5.96 Å². The van der Waals surface area contributed by atoms with Crippen molar-refractivity contribution in [2.75, 3.05) is 32.7 Å². The predicted octanol–water partition coefficient (Wildman–Crippen LogP) is 1.97. The van der Waals surface area contributed by atoms with Gasteiger partial charge in [-0.2, -0.15) is 0 Å². The molecule has 1 aromatic rings. The fourth-order valence-corrected chi connectivity index (χ4v) is 3.81. The molecule has 1 heterocycles. The third kappa shape index (κ3) is 6.01. The third-order valence-corrected chi connectivity index (χ3v) is 5.89. The smallest absolute Gasteiger partial charge is 0.240 e. The fraction of sp³-hybridized carbons (Fsp3) is 0.611. The fourth-order valence-electron chi connectivity index (χ4n) is 2.79. The van der Waals surface area contributed by atoms with Crippen molar-refractivity contribution in [1.29, 1.82) is 0 Å². The Kier molecular flexibility index (Phi) is 7.25. The molecule has 140 valence electrons. The van der Waals surface area contributed by atoms with Crippen molar-refractivity contribution in [3.05, 3.63) is 29.8 Å². The van der Waals surface area contributed by atoms with Crippen LogP contribution in [0.2, 0.25) is 0 Å². The van der Waals surface area contributed by atoms with Crippen LogP contribution >= 0.6 is 0 Å². The first kappa shape index (κ1) is 19.7. The quantitative estimate of drug-likeness (QED) is 0.459. The molecule has 0 spiro atoms. The average molecular weight is 367 g/mol. The van der Waals surface area contributed by atoms with E-state index in [1.165, 1.54) is 12.8 Å². The first-order valence-electron chi connectivity index (χ1n) is 9.02. The van der Waals surface area contributed by atoms with Crippen molar-refractivity contribution in [3.8, 4) is 0 Å². The number of piperidine rings is 1. The second-order valence-electron chi connectivity index (χ2n) is 6.62. The van der Waals surface area contributed by atoms with Gasteiger partial charge in [-0.25, -0.2) is 13.1 Å². The lowest BCUT2D eigenvalue weighted by molar-refractivity contribution is 0.273. The minimum atomic E-state index is -3.47. The Balaban J connectivity index is 1.89. The zero-order valence-corrected chi connectivity index (χ0v) is 16.3. The summed E-state index contributed by atoms with van der Waals surface area (Å²) in [5.41, 5.74) is 1.04. The summed E-state index contributed by atoms with van der Waals surface area (Å²) >= 11 is 0. The highest BCUT2D eigenvalue weighted by Gasteiger charge is 2.18. The number of nitrogens with one attached hydrogen (secondary N) is 2. The highest BCUT2D eigenvalue weighted by molar-refractivity contribution is 7.89. The second-order valence-corrected chi connectivity index (χ2v) is 8.38. The van der Waals surface area contributed by atoms with Gasteiger partial charge in [0.25, 0.3) is 0 Å². The van der Waals surface area contributed by atoms with Gasteiger partial charge in [0, 0.05) is 26.2 Å². The van der Waals surface area contributed by atoms with Crippen molar-refractivity contribution >= 4 is 16.0 Å². The Labute approximate surface area is 151 Å². The highest BCUT2D eigenvalue weighted by Crippen LogP contribution is 2.15. The maximum atomic E-state index is 12.3. The molecule has 1 saturated heterocycles. The van der Waals surface area contributed by atoms with E-state index in [1.54, 1.807) is 24.3 Å². The molecule has 0 radical (unpaired) electrons. The molecule has 7 heteroatoms. The number of aryl methyl sites for hydroxylation is 1. The summed E-state index contributed by atoms with van der Waals surface area (Å²) in [5, 5.41) is 3.30. The number of nitrogens with zero attached hydrogens (tertiary/aromatic N) is 2. The summed E-state index contributed by atoms with van der Waals surface area (Å²) < 4.78 is 27.2. The summed E-state index contributed by atoms with van der Waals surface area (Å²) in [6, 6.07) is 6.85. The van der Waals surface area contributed by atoms with Crippen LogP contribution in [-0.2, 0) is 10.0 Å². The van der Waals surface area contributed by atoms with E-state index in [2.05, 4.69) is 26.9 Å². The molecule has 1 aliphatic heterocycles. The Hall–Kier alpha value is -1.60. The van der Waals surface area contributed by atoms with Crippen LogP contribution in [0.4, 0.5) is 0 Å². The summed E-state index contributed by atoms with van der Waals surface area (Å²) in [6.07, 6.45) is 2.34. The highest BCUT2D eigenvalue weighted by atomic mass is 32.2. The molecular weight excluding hydrogens is 336 g/mol. The van der Waals surface area contributed by atoms with Crippen LogP contribution in [0.1, 0.15) is 32.3 Å². The lowest BCUT2D eigenvalue weighted by Crippen LogP contribution is -2.45. The number of hydrogen-bond donors (Lipinski definition) is 2. The first-order chi connectivity index (χ1) is 11.9. The normalized spacial score (nSPS) is 16.9. The molecule has 1 aromatic carbocycles. The van der Waals surface area contributed by atoms with Crippen molar-refractivity contribution in [2.45, 2.75) is 38.5 Å². The Morgan fingerprint density at radius 2 is 1.88 bits per heavy atom. The lowest BCUT2D eigenvalue weighted by atomic mass is 10.00. The van der Waals surface area contributed by atoms with Gasteiger partial charge in [0.2, 0.25) is 10.0 Å². The van der Waals surface area contributed by atoms with Crippen LogP contribution in [0, 0.1) is 12.8 Å². The molecule has 1 aliphatic rings. The van der Waals surface area contributed by atoms with Crippen LogP contribution in [-0.4, -0.2) is 52.0 Å². The molecule has 0 bridgehead atoms. The van der Waals surface area contributed by atoms with E-state index >= 15 is 0 Å². The van der Waals surface area contributed by atoms with Gasteiger partial charge in [-0.3, -0.25) is 4.99 Å². The monoisotopic (exact) mass is 366 g/mol. The first-order valence-corrected chi connectivity index (χ1v) is 10.5. The molecule has 0 unspecified atom stereocenters. The Bertz CT molecular complexity index is 663. The molecule has 25 heavy (non-hydrogen) atoms. The molecule has 2 N–H and O–H groups in total. The molecule has 0 aliphatic carbocycles. The van der Waals surface area contributed by atoms with Crippen LogP contribution in [0.25, 0.3) is 0 Å². The lowest BCUT2D eigenvalue weighted by Gasteiger charge is -2.33. The molecule has 0 aromatic heterocycles. The Morgan fingerprint density at radius 3 is 2.48 bits per heavy atom. The summed E-state index contributed by atoms with van der Waals surface area (Å²) in [5.74, 6) is 1.64. The van der Waals surface area contributed by atoms with E-state index in [0.29, 0.717) is 11.4 Å². The SMILES string of the molecule is CCNC(=NCCNS(=O)(=O)c1ccc(C)cc1)N1CCC(C)CC1. The minimum absolute atomic E-state index is 0.287. The molecule has 2 rings (SSSR count). The van der Waals surface area contributed by atoms with E-state index in [4.69, 9.17) is 0 Å². The zero-order chi connectivity index (χ0) is 18.3.